The zero-order valence-corrected chi connectivity index (χ0v) is 18.0. The van der Waals surface area contributed by atoms with Gasteiger partial charge in [-0.1, -0.05) is 0 Å². The van der Waals surface area contributed by atoms with Crippen LogP contribution < -0.4 is 15.0 Å². The normalized spacial score (nSPS) is 13.4. The molecule has 0 saturated carbocycles. The number of nitrogens with one attached hydrogen (secondary N) is 1. The number of nitrogens with zero attached hydrogens (tertiary/aromatic N) is 1. The highest BCUT2D eigenvalue weighted by atomic mass is 16.5. The summed E-state index contributed by atoms with van der Waals surface area (Å²) in [5.74, 6) is -0.610. The molecular weight excluding hydrogens is 396 g/mol. The van der Waals surface area contributed by atoms with Crippen molar-refractivity contribution in [3.05, 3.63) is 53.6 Å². The van der Waals surface area contributed by atoms with Crippen LogP contribution in [-0.4, -0.2) is 44.5 Å². The molecular formula is C24H28N2O5. The molecule has 164 valence electrons. The molecule has 1 amide bonds. The van der Waals surface area contributed by atoms with Crippen molar-refractivity contribution in [2.75, 3.05) is 37.0 Å². The Balaban J connectivity index is 1.50. The number of benzene rings is 2. The van der Waals surface area contributed by atoms with Gasteiger partial charge in [0.25, 0.3) is 5.91 Å². The maximum atomic E-state index is 12.2. The van der Waals surface area contributed by atoms with E-state index < -0.39 is 11.9 Å². The van der Waals surface area contributed by atoms with Gasteiger partial charge >= 0.3 is 5.97 Å². The fourth-order valence-electron chi connectivity index (χ4n) is 3.59. The number of rotatable bonds is 8. The first-order chi connectivity index (χ1) is 15.0. The Hall–Kier alpha value is -3.35. The van der Waals surface area contributed by atoms with E-state index in [0.717, 1.165) is 18.8 Å². The third-order valence-electron chi connectivity index (χ3n) is 5.26. The van der Waals surface area contributed by atoms with Gasteiger partial charge in [0.05, 0.1) is 13.5 Å². The molecule has 0 spiro atoms. The predicted octanol–water partition coefficient (Wildman–Crippen LogP) is 3.61. The highest BCUT2D eigenvalue weighted by Gasteiger charge is 2.15. The highest BCUT2D eigenvalue weighted by Crippen LogP contribution is 2.22. The Bertz CT molecular complexity index is 933. The summed E-state index contributed by atoms with van der Waals surface area (Å²) in [7, 11) is 1.49. The molecule has 31 heavy (non-hydrogen) atoms. The summed E-state index contributed by atoms with van der Waals surface area (Å²) < 4.78 is 10.3. The first-order valence-corrected chi connectivity index (χ1v) is 10.4. The first kappa shape index (κ1) is 22.3. The van der Waals surface area contributed by atoms with Crippen molar-refractivity contribution in [3.63, 3.8) is 0 Å². The van der Waals surface area contributed by atoms with Gasteiger partial charge in [-0.25, -0.2) is 0 Å². The first-order valence-electron chi connectivity index (χ1n) is 10.4. The van der Waals surface area contributed by atoms with Gasteiger partial charge in [0.1, 0.15) is 5.75 Å². The van der Waals surface area contributed by atoms with E-state index in [1.54, 1.807) is 18.2 Å². The number of esters is 1. The summed E-state index contributed by atoms with van der Waals surface area (Å²) in [4.78, 5) is 38.3. The largest absolute Gasteiger partial charge is 0.496 e. The number of hydrogen-bond donors (Lipinski definition) is 1. The van der Waals surface area contributed by atoms with E-state index in [1.165, 1.54) is 33.3 Å². The Labute approximate surface area is 182 Å². The van der Waals surface area contributed by atoms with E-state index in [0.29, 0.717) is 22.6 Å². The topological polar surface area (TPSA) is 84.9 Å². The quantitative estimate of drug-likeness (QED) is 0.515. The average molecular weight is 424 g/mol. The van der Waals surface area contributed by atoms with Crippen molar-refractivity contribution in [2.45, 2.75) is 32.6 Å². The highest BCUT2D eigenvalue weighted by molar-refractivity contribution is 5.95. The van der Waals surface area contributed by atoms with Gasteiger partial charge < -0.3 is 19.7 Å². The number of carbonyl (C=O) groups is 3. The van der Waals surface area contributed by atoms with E-state index in [-0.39, 0.29) is 18.8 Å². The number of carbonyl (C=O) groups excluding carboxylic acids is 3. The number of piperidine rings is 1. The van der Waals surface area contributed by atoms with Crippen LogP contribution in [0.4, 0.5) is 11.4 Å². The lowest BCUT2D eigenvalue weighted by Gasteiger charge is -2.28. The van der Waals surface area contributed by atoms with Crippen molar-refractivity contribution in [1.82, 2.24) is 0 Å². The van der Waals surface area contributed by atoms with Crippen molar-refractivity contribution in [1.29, 1.82) is 0 Å². The van der Waals surface area contributed by atoms with Crippen LogP contribution in [0, 0.1) is 0 Å². The molecule has 7 nitrogen and oxygen atoms in total. The van der Waals surface area contributed by atoms with Crippen LogP contribution in [-0.2, 0) is 20.7 Å². The standard InChI is InChI=1S/C24H28N2O5/c1-17(27)18-6-11-22(30-2)19(14-18)15-24(29)31-16-23(28)25-20-7-9-21(10-8-20)26-12-4-3-5-13-26/h6-11,14H,3-5,12-13,15-16H2,1-2H3,(H,25,28). The SMILES string of the molecule is COc1ccc(C(C)=O)cc1CC(=O)OCC(=O)Nc1ccc(N2CCCCC2)cc1. The number of hydrogen-bond acceptors (Lipinski definition) is 6. The molecule has 7 heteroatoms. The molecule has 0 atom stereocenters. The molecule has 0 radical (unpaired) electrons. The second-order valence-corrected chi connectivity index (χ2v) is 7.56. The molecule has 1 aliphatic rings. The summed E-state index contributed by atoms with van der Waals surface area (Å²) in [5.41, 5.74) is 2.81. The van der Waals surface area contributed by atoms with Crippen LogP contribution in [0.25, 0.3) is 0 Å². The summed E-state index contributed by atoms with van der Waals surface area (Å²) in [6.07, 6.45) is 3.59. The fourth-order valence-corrected chi connectivity index (χ4v) is 3.59. The second-order valence-electron chi connectivity index (χ2n) is 7.56. The molecule has 1 saturated heterocycles. The van der Waals surface area contributed by atoms with Crippen molar-refractivity contribution in [3.8, 4) is 5.75 Å². The van der Waals surface area contributed by atoms with Crippen LogP contribution in [0.3, 0.4) is 0 Å². The maximum Gasteiger partial charge on any atom is 0.310 e. The molecule has 1 N–H and O–H groups in total. The molecule has 1 fully saturated rings. The lowest BCUT2D eigenvalue weighted by molar-refractivity contribution is -0.146. The maximum absolute atomic E-state index is 12.2. The lowest BCUT2D eigenvalue weighted by atomic mass is 10.0. The van der Waals surface area contributed by atoms with Crippen LogP contribution in [0.5, 0.6) is 5.75 Å². The Morgan fingerprint density at radius 2 is 1.71 bits per heavy atom. The molecule has 0 bridgehead atoms. The van der Waals surface area contributed by atoms with Gasteiger partial charge in [0.2, 0.25) is 0 Å². The number of ketones is 1. The zero-order valence-electron chi connectivity index (χ0n) is 18.0. The minimum Gasteiger partial charge on any atom is -0.496 e. The minimum atomic E-state index is -0.574. The van der Waals surface area contributed by atoms with Crippen molar-refractivity contribution in [2.24, 2.45) is 0 Å². The number of Topliss-reactive ketones (excluding diaryl/α,β-unsaturated/α-hetero) is 1. The average Bonchev–Trinajstić information content (AvgIpc) is 2.78. The predicted molar refractivity (Wildman–Crippen MR) is 119 cm³/mol. The van der Waals surface area contributed by atoms with Crippen LogP contribution in [0.15, 0.2) is 42.5 Å². The molecule has 0 aliphatic carbocycles. The Morgan fingerprint density at radius 3 is 2.35 bits per heavy atom. The molecule has 3 rings (SSSR count). The van der Waals surface area contributed by atoms with Gasteiger partial charge in [-0.3, -0.25) is 14.4 Å². The van der Waals surface area contributed by atoms with Gasteiger partial charge in [0, 0.05) is 35.6 Å². The second kappa shape index (κ2) is 10.6. The molecule has 2 aromatic rings. The van der Waals surface area contributed by atoms with Gasteiger partial charge in [-0.2, -0.15) is 0 Å². The van der Waals surface area contributed by atoms with Gasteiger partial charge in [-0.05, 0) is 68.7 Å². The number of anilines is 2. The zero-order chi connectivity index (χ0) is 22.2. The minimum absolute atomic E-state index is 0.0951. The van der Waals surface area contributed by atoms with E-state index in [9.17, 15) is 14.4 Å². The Morgan fingerprint density at radius 1 is 1.00 bits per heavy atom. The van der Waals surface area contributed by atoms with E-state index in [2.05, 4.69) is 10.2 Å². The van der Waals surface area contributed by atoms with Gasteiger partial charge in [-0.15, -0.1) is 0 Å². The summed E-state index contributed by atoms with van der Waals surface area (Å²) >= 11 is 0. The van der Waals surface area contributed by atoms with E-state index in [4.69, 9.17) is 9.47 Å². The third-order valence-corrected chi connectivity index (χ3v) is 5.26. The summed E-state index contributed by atoms with van der Waals surface area (Å²) in [5, 5.41) is 2.73. The van der Waals surface area contributed by atoms with Crippen molar-refractivity contribution >= 4 is 29.0 Å². The number of ether oxygens (including phenoxy) is 2. The molecule has 0 unspecified atom stereocenters. The van der Waals surface area contributed by atoms with Crippen LogP contribution in [0.1, 0.15) is 42.1 Å². The fraction of sp³-hybridized carbons (Fsp3) is 0.375. The molecule has 1 heterocycles. The van der Waals surface area contributed by atoms with E-state index in [1.807, 2.05) is 24.3 Å². The monoisotopic (exact) mass is 424 g/mol. The molecule has 2 aromatic carbocycles. The summed E-state index contributed by atoms with van der Waals surface area (Å²) in [6, 6.07) is 12.6. The van der Waals surface area contributed by atoms with E-state index >= 15 is 0 Å². The molecule has 1 aliphatic heterocycles. The number of methoxy groups -OCH3 is 1. The van der Waals surface area contributed by atoms with Crippen LogP contribution in [0.2, 0.25) is 0 Å². The van der Waals surface area contributed by atoms with Crippen molar-refractivity contribution < 1.29 is 23.9 Å². The number of amides is 1. The summed E-state index contributed by atoms with van der Waals surface area (Å²) in [6.45, 7) is 3.18. The smallest absolute Gasteiger partial charge is 0.310 e. The lowest BCUT2D eigenvalue weighted by Crippen LogP contribution is -2.29. The Kier molecular flexibility index (Phi) is 7.65. The van der Waals surface area contributed by atoms with Gasteiger partial charge in [0.15, 0.2) is 12.4 Å². The van der Waals surface area contributed by atoms with Crippen LogP contribution >= 0.6 is 0 Å². The third kappa shape index (κ3) is 6.31. The molecule has 0 aromatic heterocycles.